The molecule has 0 bridgehead atoms. The fraction of sp³-hybridized carbons (Fsp3) is 0.950. The lowest BCUT2D eigenvalue weighted by Gasteiger charge is -2.42. The number of aliphatic hydroxyl groups excluding tert-OH is 5. The van der Waals surface area contributed by atoms with E-state index >= 15 is 0 Å². The number of carbonyl (C=O) groups excluding carboxylic acids is 1. The summed E-state index contributed by atoms with van der Waals surface area (Å²) >= 11 is 0. The molecule has 0 amide bonds. The number of hydrogen-bond donors (Lipinski definition) is 5. The number of carbonyl (C=O) groups is 1. The van der Waals surface area contributed by atoms with Crippen LogP contribution in [0.5, 0.6) is 0 Å². The van der Waals surface area contributed by atoms with E-state index in [1.807, 2.05) is 6.92 Å². The lowest BCUT2D eigenvalue weighted by Crippen LogP contribution is -2.56. The predicted octanol–water partition coefficient (Wildman–Crippen LogP) is -1.93. The lowest BCUT2D eigenvalue weighted by atomic mass is 9.85. The van der Waals surface area contributed by atoms with Crippen molar-refractivity contribution in [1.82, 2.24) is 0 Å². The van der Waals surface area contributed by atoms with Crippen molar-refractivity contribution in [1.29, 1.82) is 0 Å². The third-order valence-electron chi connectivity index (χ3n) is 5.43. The Labute approximate surface area is 182 Å². The Balaban J connectivity index is 2.78. The number of rotatable bonds is 16. The molecule has 0 radical (unpaired) electrons. The maximum atomic E-state index is 11.2. The van der Waals surface area contributed by atoms with Gasteiger partial charge in [0, 0.05) is 19.6 Å². The first-order valence-corrected chi connectivity index (χ1v) is 10.6. The second-order valence-electron chi connectivity index (χ2n) is 7.48. The molecule has 0 saturated carbocycles. The van der Waals surface area contributed by atoms with Crippen LogP contribution >= 0.6 is 0 Å². The Morgan fingerprint density at radius 3 is 2.32 bits per heavy atom. The van der Waals surface area contributed by atoms with Gasteiger partial charge in [-0.1, -0.05) is 6.92 Å². The highest BCUT2D eigenvalue weighted by atomic mass is 16.6. The zero-order valence-electron chi connectivity index (χ0n) is 18.4. The van der Waals surface area contributed by atoms with Gasteiger partial charge in [-0.3, -0.25) is 0 Å². The minimum atomic E-state index is -1.35. The minimum Gasteiger partial charge on any atom is -0.394 e. The topological polar surface area (TPSA) is 164 Å². The highest BCUT2D eigenvalue weighted by Crippen LogP contribution is 2.29. The van der Waals surface area contributed by atoms with Crippen LogP contribution in [0.3, 0.4) is 0 Å². The maximum Gasteiger partial charge on any atom is 0.162 e. The molecular weight excluding hydrogens is 416 g/mol. The van der Waals surface area contributed by atoms with Gasteiger partial charge in [0.05, 0.1) is 57.3 Å². The zero-order chi connectivity index (χ0) is 23.4. The van der Waals surface area contributed by atoms with Gasteiger partial charge in [-0.25, -0.2) is 0 Å². The van der Waals surface area contributed by atoms with Crippen LogP contribution in [0.4, 0.5) is 0 Å². The summed E-state index contributed by atoms with van der Waals surface area (Å²) in [7, 11) is 1.40. The minimum absolute atomic E-state index is 0.0283. The average Bonchev–Trinajstić information content (AvgIpc) is 2.77. The van der Waals surface area contributed by atoms with E-state index in [1.54, 1.807) is 6.92 Å². The Morgan fingerprint density at radius 1 is 1.10 bits per heavy atom. The molecule has 1 heterocycles. The van der Waals surface area contributed by atoms with Crippen molar-refractivity contribution in [2.45, 2.75) is 63.2 Å². The average molecular weight is 455 g/mol. The Kier molecular flexibility index (Phi) is 13.8. The van der Waals surface area contributed by atoms with Crippen LogP contribution in [0.25, 0.3) is 0 Å². The van der Waals surface area contributed by atoms with Crippen molar-refractivity contribution in [2.75, 3.05) is 46.8 Å². The fourth-order valence-electron chi connectivity index (χ4n) is 3.69. The molecule has 31 heavy (non-hydrogen) atoms. The normalized spacial score (nSPS) is 30.5. The highest BCUT2D eigenvalue weighted by Gasteiger charge is 2.43. The summed E-state index contributed by atoms with van der Waals surface area (Å²) in [5.74, 6) is -1.27. The lowest BCUT2D eigenvalue weighted by molar-refractivity contribution is -0.229. The third kappa shape index (κ3) is 8.28. The van der Waals surface area contributed by atoms with Crippen molar-refractivity contribution in [3.05, 3.63) is 0 Å². The van der Waals surface area contributed by atoms with Gasteiger partial charge in [0.25, 0.3) is 0 Å². The molecule has 1 fully saturated rings. The first-order chi connectivity index (χ1) is 14.9. The van der Waals surface area contributed by atoms with Gasteiger partial charge in [-0.15, -0.1) is 0 Å². The molecule has 1 saturated heterocycles. The largest absolute Gasteiger partial charge is 0.394 e. The molecule has 1 rings (SSSR count). The van der Waals surface area contributed by atoms with Crippen LogP contribution in [0, 0.1) is 11.8 Å². The van der Waals surface area contributed by atoms with Gasteiger partial charge in [-0.05, 0) is 13.3 Å². The van der Waals surface area contributed by atoms with Gasteiger partial charge in [0.15, 0.2) is 12.6 Å². The van der Waals surface area contributed by atoms with Crippen LogP contribution in [-0.4, -0.2) is 121 Å². The van der Waals surface area contributed by atoms with E-state index in [1.165, 1.54) is 7.11 Å². The maximum absolute atomic E-state index is 11.2. The molecule has 9 atom stereocenters. The summed E-state index contributed by atoms with van der Waals surface area (Å²) in [6.45, 7) is 2.55. The molecule has 0 aromatic heterocycles. The molecule has 1 aliphatic rings. The Bertz CT molecular complexity index is 478. The van der Waals surface area contributed by atoms with Gasteiger partial charge >= 0.3 is 0 Å². The first kappa shape index (κ1) is 28.3. The molecule has 4 unspecified atom stereocenters. The molecule has 1 aliphatic heterocycles. The van der Waals surface area contributed by atoms with Crippen molar-refractivity contribution in [3.8, 4) is 0 Å². The molecular formula is C20H38O11. The number of aldehydes is 1. The number of hydrogen-bond acceptors (Lipinski definition) is 11. The van der Waals surface area contributed by atoms with E-state index in [4.69, 9.17) is 23.7 Å². The number of aliphatic hydroxyl groups is 5. The summed E-state index contributed by atoms with van der Waals surface area (Å²) in [6, 6.07) is 0. The smallest absolute Gasteiger partial charge is 0.162 e. The van der Waals surface area contributed by atoms with Crippen LogP contribution in [0.2, 0.25) is 0 Å². The molecule has 5 N–H and O–H groups in total. The van der Waals surface area contributed by atoms with Crippen molar-refractivity contribution in [2.24, 2.45) is 11.8 Å². The molecule has 0 aromatic carbocycles. The molecule has 0 aromatic rings. The third-order valence-corrected chi connectivity index (χ3v) is 5.43. The Hall–Kier alpha value is -0.730. The highest BCUT2D eigenvalue weighted by molar-refractivity contribution is 5.56. The van der Waals surface area contributed by atoms with Gasteiger partial charge in [0.2, 0.25) is 0 Å². The summed E-state index contributed by atoms with van der Waals surface area (Å²) < 4.78 is 27.0. The Morgan fingerprint density at radius 2 is 1.81 bits per heavy atom. The van der Waals surface area contributed by atoms with Crippen LogP contribution < -0.4 is 0 Å². The quantitative estimate of drug-likeness (QED) is 0.130. The van der Waals surface area contributed by atoms with Crippen LogP contribution in [0.15, 0.2) is 0 Å². The molecule has 11 heteroatoms. The summed E-state index contributed by atoms with van der Waals surface area (Å²) in [6.07, 6.45) is -6.08. The van der Waals surface area contributed by atoms with Crippen molar-refractivity contribution in [3.63, 3.8) is 0 Å². The van der Waals surface area contributed by atoms with Crippen LogP contribution in [-0.2, 0) is 28.5 Å². The van der Waals surface area contributed by atoms with E-state index < -0.39 is 61.4 Å². The van der Waals surface area contributed by atoms with E-state index in [0.29, 0.717) is 12.7 Å². The monoisotopic (exact) mass is 454 g/mol. The van der Waals surface area contributed by atoms with Crippen molar-refractivity contribution < 1.29 is 54.0 Å². The predicted molar refractivity (Wildman–Crippen MR) is 107 cm³/mol. The van der Waals surface area contributed by atoms with Gasteiger partial charge in [-0.2, -0.15) is 0 Å². The van der Waals surface area contributed by atoms with E-state index in [-0.39, 0.29) is 33.0 Å². The van der Waals surface area contributed by atoms with E-state index in [2.05, 4.69) is 0 Å². The zero-order valence-corrected chi connectivity index (χ0v) is 18.4. The fourth-order valence-corrected chi connectivity index (χ4v) is 3.69. The molecule has 0 spiro atoms. The summed E-state index contributed by atoms with van der Waals surface area (Å²) in [5, 5.41) is 50.3. The summed E-state index contributed by atoms with van der Waals surface area (Å²) in [4.78, 5) is 11.2. The first-order valence-electron chi connectivity index (χ1n) is 10.6. The van der Waals surface area contributed by atoms with E-state index in [0.717, 1.165) is 0 Å². The SMILES string of the molecule is CCOC(O)[C@H](COC[C@H]1OC(CO)[C@@H](CC)[C@H](O)C1O)C(CO)O[C@@H](C=O)COC. The molecule has 11 nitrogen and oxygen atoms in total. The standard InChI is InChI=1S/C20H38O11/c1-4-13-15(7-22)31-17(19(25)18(13)24)11-28-10-14(20(26)29-5-2)16(8-23)30-12(6-21)9-27-3/h6,12-20,22-26H,4-5,7-11H2,1-3H3/t12-,13+,14+,15?,16?,17+,18-,19?,20?/m0/s1. The van der Waals surface area contributed by atoms with Crippen LogP contribution in [0.1, 0.15) is 20.3 Å². The second kappa shape index (κ2) is 15.2. The number of methoxy groups -OCH3 is 1. The molecule has 184 valence electrons. The van der Waals surface area contributed by atoms with E-state index in [9.17, 15) is 30.3 Å². The van der Waals surface area contributed by atoms with Gasteiger partial charge < -0.3 is 54.0 Å². The molecule has 0 aliphatic carbocycles. The summed E-state index contributed by atoms with van der Waals surface area (Å²) in [5.41, 5.74) is 0. The van der Waals surface area contributed by atoms with Crippen molar-refractivity contribution >= 4 is 6.29 Å². The van der Waals surface area contributed by atoms with Gasteiger partial charge in [0.1, 0.15) is 18.3 Å². The number of ether oxygens (including phenoxy) is 5. The second-order valence-corrected chi connectivity index (χ2v) is 7.48.